The van der Waals surface area contributed by atoms with Crippen molar-refractivity contribution >= 4 is 44.6 Å². The Kier molecular flexibility index (Phi) is 8.56. The van der Waals surface area contributed by atoms with Crippen LogP contribution in [0.1, 0.15) is 43.7 Å². The second-order valence-corrected chi connectivity index (χ2v) is 12.4. The van der Waals surface area contributed by atoms with Gasteiger partial charge in [-0.15, -0.1) is 0 Å². The molecule has 1 aliphatic rings. The maximum atomic E-state index is 11.9. The van der Waals surface area contributed by atoms with Gasteiger partial charge in [0.25, 0.3) is 0 Å². The Morgan fingerprint density at radius 1 is 1.11 bits per heavy atom. The zero-order valence-corrected chi connectivity index (χ0v) is 23.2. The standard InChI is InChI=1S/C27H34ClN5O3S/c1-18(2)36-25-15-20(19-11-13-33(3)14-12-19)9-10-24(25)31-27-29-16-22(28)26(32-27)30-23-8-6-5-7-21(23)17-37(4,34)35/h5-10,15-16,18-19H,11-14,17H2,1-4H3,(H2,29,30,31,32). The molecule has 198 valence electrons. The first-order valence-corrected chi connectivity index (χ1v) is 14.8. The summed E-state index contributed by atoms with van der Waals surface area (Å²) in [5.41, 5.74) is 3.28. The van der Waals surface area contributed by atoms with Gasteiger partial charge in [0, 0.05) is 11.9 Å². The lowest BCUT2D eigenvalue weighted by Crippen LogP contribution is -2.29. The number of aromatic nitrogens is 2. The van der Waals surface area contributed by atoms with E-state index in [1.165, 1.54) is 18.0 Å². The van der Waals surface area contributed by atoms with Gasteiger partial charge in [0.2, 0.25) is 5.95 Å². The smallest absolute Gasteiger partial charge is 0.229 e. The molecule has 1 aromatic heterocycles. The van der Waals surface area contributed by atoms with Crippen LogP contribution in [0.2, 0.25) is 5.02 Å². The highest BCUT2D eigenvalue weighted by Crippen LogP contribution is 2.36. The molecule has 1 saturated heterocycles. The van der Waals surface area contributed by atoms with Crippen LogP contribution in [0.5, 0.6) is 5.75 Å². The summed E-state index contributed by atoms with van der Waals surface area (Å²) >= 11 is 6.39. The zero-order chi connectivity index (χ0) is 26.6. The van der Waals surface area contributed by atoms with E-state index in [1.54, 1.807) is 18.2 Å². The highest BCUT2D eigenvalue weighted by atomic mass is 35.5. The van der Waals surface area contributed by atoms with Crippen molar-refractivity contribution in [3.63, 3.8) is 0 Å². The summed E-state index contributed by atoms with van der Waals surface area (Å²) in [6.07, 6.45) is 4.97. The van der Waals surface area contributed by atoms with Gasteiger partial charge in [0.1, 0.15) is 10.8 Å². The largest absolute Gasteiger partial charge is 0.489 e. The number of benzene rings is 2. The second-order valence-electron chi connectivity index (χ2n) is 9.87. The third kappa shape index (κ3) is 7.56. The van der Waals surface area contributed by atoms with E-state index in [1.807, 2.05) is 26.0 Å². The second kappa shape index (κ2) is 11.7. The normalized spacial score (nSPS) is 15.1. The quantitative estimate of drug-likeness (QED) is 0.352. The topological polar surface area (TPSA) is 96.5 Å². The molecule has 0 spiro atoms. The van der Waals surface area contributed by atoms with Gasteiger partial charge in [-0.25, -0.2) is 13.4 Å². The Morgan fingerprint density at radius 3 is 2.54 bits per heavy atom. The molecule has 1 fully saturated rings. The maximum absolute atomic E-state index is 11.9. The monoisotopic (exact) mass is 543 g/mol. The number of piperidine rings is 1. The highest BCUT2D eigenvalue weighted by Gasteiger charge is 2.20. The summed E-state index contributed by atoms with van der Waals surface area (Å²) in [5, 5.41) is 6.76. The van der Waals surface area contributed by atoms with E-state index in [0.29, 0.717) is 34.0 Å². The van der Waals surface area contributed by atoms with Gasteiger partial charge in [0.15, 0.2) is 15.7 Å². The molecule has 0 bridgehead atoms. The lowest BCUT2D eigenvalue weighted by molar-refractivity contribution is 0.241. The van der Waals surface area contributed by atoms with Crippen LogP contribution in [0.3, 0.4) is 0 Å². The van der Waals surface area contributed by atoms with Gasteiger partial charge < -0.3 is 20.3 Å². The molecule has 0 aliphatic carbocycles. The van der Waals surface area contributed by atoms with Gasteiger partial charge in [-0.3, -0.25) is 0 Å². The number of para-hydroxylation sites is 1. The summed E-state index contributed by atoms with van der Waals surface area (Å²) in [7, 11) is -1.05. The summed E-state index contributed by atoms with van der Waals surface area (Å²) in [6, 6.07) is 13.5. The van der Waals surface area contributed by atoms with Crippen molar-refractivity contribution < 1.29 is 13.2 Å². The molecule has 1 aliphatic heterocycles. The molecule has 0 radical (unpaired) electrons. The Labute approximate surface area is 224 Å². The molecule has 0 saturated carbocycles. The van der Waals surface area contributed by atoms with Crippen LogP contribution in [0.15, 0.2) is 48.7 Å². The Bertz CT molecular complexity index is 1340. The van der Waals surface area contributed by atoms with Crippen molar-refractivity contribution in [3.8, 4) is 5.75 Å². The number of hydrogen-bond donors (Lipinski definition) is 2. The molecule has 0 atom stereocenters. The van der Waals surface area contributed by atoms with Crippen LogP contribution < -0.4 is 15.4 Å². The number of rotatable bonds is 9. The molecular weight excluding hydrogens is 510 g/mol. The minimum absolute atomic E-state index is 0.00278. The third-order valence-corrected chi connectivity index (χ3v) is 7.35. The van der Waals surface area contributed by atoms with E-state index in [4.69, 9.17) is 16.3 Å². The van der Waals surface area contributed by atoms with E-state index in [-0.39, 0.29) is 11.9 Å². The lowest BCUT2D eigenvalue weighted by atomic mass is 9.89. The molecule has 0 unspecified atom stereocenters. The Hall–Kier alpha value is -2.88. The highest BCUT2D eigenvalue weighted by molar-refractivity contribution is 7.89. The van der Waals surface area contributed by atoms with Crippen molar-refractivity contribution in [1.29, 1.82) is 0 Å². The first-order chi connectivity index (χ1) is 17.6. The van der Waals surface area contributed by atoms with Gasteiger partial charge >= 0.3 is 0 Å². The number of halogens is 1. The Morgan fingerprint density at radius 2 is 1.84 bits per heavy atom. The van der Waals surface area contributed by atoms with Crippen molar-refractivity contribution in [2.75, 3.05) is 37.0 Å². The molecule has 2 aromatic carbocycles. The van der Waals surface area contributed by atoms with Gasteiger partial charge in [-0.05, 0) is 82.1 Å². The van der Waals surface area contributed by atoms with E-state index < -0.39 is 9.84 Å². The number of anilines is 4. The lowest BCUT2D eigenvalue weighted by Gasteiger charge is -2.29. The molecule has 3 aromatic rings. The van der Waals surface area contributed by atoms with E-state index in [9.17, 15) is 8.42 Å². The number of likely N-dealkylation sites (tertiary alicyclic amines) is 1. The van der Waals surface area contributed by atoms with Gasteiger partial charge in [-0.1, -0.05) is 35.9 Å². The predicted molar refractivity (Wildman–Crippen MR) is 150 cm³/mol. The SMILES string of the molecule is CC(C)Oc1cc(C2CCN(C)CC2)ccc1Nc1ncc(Cl)c(Nc2ccccc2CS(C)(=O)=O)n1. The van der Waals surface area contributed by atoms with Crippen molar-refractivity contribution in [2.45, 2.75) is 44.5 Å². The van der Waals surface area contributed by atoms with Crippen LogP contribution in [0.4, 0.5) is 23.1 Å². The van der Waals surface area contributed by atoms with Crippen LogP contribution in [0, 0.1) is 0 Å². The summed E-state index contributed by atoms with van der Waals surface area (Å²) in [4.78, 5) is 11.3. The average Bonchev–Trinajstić information content (AvgIpc) is 2.83. The average molecular weight is 544 g/mol. The van der Waals surface area contributed by atoms with Gasteiger partial charge in [-0.2, -0.15) is 4.98 Å². The molecule has 0 amide bonds. The van der Waals surface area contributed by atoms with Crippen molar-refractivity contribution in [3.05, 3.63) is 64.8 Å². The van der Waals surface area contributed by atoms with Gasteiger partial charge in [0.05, 0.1) is 23.7 Å². The number of sulfone groups is 1. The number of ether oxygens (including phenoxy) is 1. The number of hydrogen-bond acceptors (Lipinski definition) is 8. The first-order valence-electron chi connectivity index (χ1n) is 12.4. The zero-order valence-electron chi connectivity index (χ0n) is 21.7. The molecular formula is C27H34ClN5O3S. The molecule has 4 rings (SSSR count). The minimum atomic E-state index is -3.21. The Balaban J connectivity index is 1.58. The fourth-order valence-electron chi connectivity index (χ4n) is 4.40. The van der Waals surface area contributed by atoms with Crippen LogP contribution in [-0.2, 0) is 15.6 Å². The van der Waals surface area contributed by atoms with Crippen molar-refractivity contribution in [1.82, 2.24) is 14.9 Å². The first kappa shape index (κ1) is 27.2. The van der Waals surface area contributed by atoms with Crippen LogP contribution in [0.25, 0.3) is 0 Å². The van der Waals surface area contributed by atoms with Crippen LogP contribution >= 0.6 is 11.6 Å². The summed E-state index contributed by atoms with van der Waals surface area (Å²) < 4.78 is 29.9. The third-order valence-electron chi connectivity index (χ3n) is 6.24. The number of nitrogens with zero attached hydrogens (tertiary/aromatic N) is 3. The summed E-state index contributed by atoms with van der Waals surface area (Å²) in [6.45, 7) is 6.18. The molecule has 2 heterocycles. The maximum Gasteiger partial charge on any atom is 0.229 e. The van der Waals surface area contributed by atoms with Crippen molar-refractivity contribution in [2.24, 2.45) is 0 Å². The predicted octanol–water partition coefficient (Wildman–Crippen LogP) is 5.76. The minimum Gasteiger partial charge on any atom is -0.489 e. The van der Waals surface area contributed by atoms with E-state index >= 15 is 0 Å². The fraction of sp³-hybridized carbons (Fsp3) is 0.407. The molecule has 8 nitrogen and oxygen atoms in total. The van der Waals surface area contributed by atoms with E-state index in [2.05, 4.69) is 44.7 Å². The molecule has 2 N–H and O–H groups in total. The van der Waals surface area contributed by atoms with E-state index in [0.717, 1.165) is 37.4 Å². The number of nitrogens with one attached hydrogen (secondary N) is 2. The molecule has 10 heteroatoms. The fourth-order valence-corrected chi connectivity index (χ4v) is 5.36. The molecule has 37 heavy (non-hydrogen) atoms. The van der Waals surface area contributed by atoms with Crippen LogP contribution in [-0.4, -0.2) is 55.8 Å². The summed E-state index contributed by atoms with van der Waals surface area (Å²) in [5.74, 6) is 1.87.